The molecule has 10 heteroatoms. The number of hydrogen-bond donors (Lipinski definition) is 3. The summed E-state index contributed by atoms with van der Waals surface area (Å²) in [5.41, 5.74) is 7.85. The van der Waals surface area contributed by atoms with Gasteiger partial charge in [-0.2, -0.15) is 0 Å². The third-order valence-electron chi connectivity index (χ3n) is 4.84. The second-order valence-corrected chi connectivity index (χ2v) is 7.94. The fraction of sp³-hybridized carbons (Fsp3) is 0.217. The first kappa shape index (κ1) is 26.5. The summed E-state index contributed by atoms with van der Waals surface area (Å²) in [6.07, 6.45) is 0.396. The van der Waals surface area contributed by atoms with E-state index in [1.165, 1.54) is 6.07 Å². The highest BCUT2D eigenvalue weighted by atomic mass is 79.9. The SMILES string of the molecule is Cc1[nH]c(=O)c(Br)c(OCc2ccc(F)cc2F)c1Cc1ccc(C(=O)NCCN)cc1.Cl. The minimum Gasteiger partial charge on any atom is -0.487 e. The van der Waals surface area contributed by atoms with Crippen molar-refractivity contribution in [2.24, 2.45) is 5.73 Å². The van der Waals surface area contributed by atoms with Crippen LogP contribution < -0.4 is 21.3 Å². The van der Waals surface area contributed by atoms with Gasteiger partial charge in [-0.1, -0.05) is 12.1 Å². The molecule has 176 valence electrons. The van der Waals surface area contributed by atoms with Gasteiger partial charge in [-0.3, -0.25) is 9.59 Å². The van der Waals surface area contributed by atoms with E-state index in [-0.39, 0.29) is 46.3 Å². The number of aryl methyl sites for hydroxylation is 1. The van der Waals surface area contributed by atoms with Crippen molar-refractivity contribution < 1.29 is 18.3 Å². The van der Waals surface area contributed by atoms with Crippen molar-refractivity contribution in [3.63, 3.8) is 0 Å². The fourth-order valence-corrected chi connectivity index (χ4v) is 3.58. The third-order valence-corrected chi connectivity index (χ3v) is 5.56. The molecular formula is C23H23BrClF2N3O3. The van der Waals surface area contributed by atoms with Gasteiger partial charge in [0, 0.05) is 48.0 Å². The lowest BCUT2D eigenvalue weighted by molar-refractivity contribution is 0.0954. The van der Waals surface area contributed by atoms with Gasteiger partial charge in [-0.15, -0.1) is 12.4 Å². The molecule has 0 radical (unpaired) electrons. The quantitative estimate of drug-likeness (QED) is 0.401. The fourth-order valence-electron chi connectivity index (χ4n) is 3.12. The monoisotopic (exact) mass is 541 g/mol. The number of hydrogen-bond acceptors (Lipinski definition) is 4. The standard InChI is InChI=1S/C23H22BrF2N3O3.ClH/c1-13-18(10-14-2-4-15(5-3-14)22(30)28-9-8-27)21(20(24)23(31)29-13)32-12-16-6-7-17(25)11-19(16)26;/h2-7,11H,8-10,12,27H2,1H3,(H,28,30)(H,29,31);1H. The highest BCUT2D eigenvalue weighted by molar-refractivity contribution is 9.10. The lowest BCUT2D eigenvalue weighted by Crippen LogP contribution is -2.28. The Morgan fingerprint density at radius 1 is 1.18 bits per heavy atom. The van der Waals surface area contributed by atoms with Crippen LogP contribution >= 0.6 is 28.3 Å². The molecule has 0 saturated carbocycles. The van der Waals surface area contributed by atoms with E-state index in [0.717, 1.165) is 17.7 Å². The summed E-state index contributed by atoms with van der Waals surface area (Å²) in [7, 11) is 0. The smallest absolute Gasteiger partial charge is 0.266 e. The number of carbonyl (C=O) groups is 1. The minimum absolute atomic E-state index is 0. The summed E-state index contributed by atoms with van der Waals surface area (Å²) in [6.45, 7) is 2.30. The second kappa shape index (κ2) is 11.9. The molecule has 0 aliphatic rings. The Morgan fingerprint density at radius 2 is 1.88 bits per heavy atom. The number of amides is 1. The average Bonchev–Trinajstić information content (AvgIpc) is 2.77. The van der Waals surface area contributed by atoms with Crippen LogP contribution in [-0.4, -0.2) is 24.0 Å². The van der Waals surface area contributed by atoms with Gasteiger partial charge in [0.25, 0.3) is 11.5 Å². The Bertz CT molecular complexity index is 1190. The van der Waals surface area contributed by atoms with Gasteiger partial charge in [0.05, 0.1) is 0 Å². The first-order chi connectivity index (χ1) is 15.3. The van der Waals surface area contributed by atoms with Gasteiger partial charge in [0.15, 0.2) is 0 Å². The van der Waals surface area contributed by atoms with Gasteiger partial charge in [-0.25, -0.2) is 8.78 Å². The van der Waals surface area contributed by atoms with Crippen LogP contribution in [0.5, 0.6) is 5.75 Å². The zero-order valence-electron chi connectivity index (χ0n) is 17.7. The van der Waals surface area contributed by atoms with Crippen molar-refractivity contribution in [2.75, 3.05) is 13.1 Å². The molecule has 3 aromatic rings. The van der Waals surface area contributed by atoms with Gasteiger partial charge in [0.1, 0.15) is 28.5 Å². The molecule has 0 bridgehead atoms. The van der Waals surface area contributed by atoms with E-state index in [4.69, 9.17) is 10.5 Å². The maximum absolute atomic E-state index is 14.0. The van der Waals surface area contributed by atoms with E-state index in [9.17, 15) is 18.4 Å². The van der Waals surface area contributed by atoms with E-state index < -0.39 is 11.6 Å². The third kappa shape index (κ3) is 6.63. The molecule has 1 heterocycles. The number of nitrogens with two attached hydrogens (primary N) is 1. The zero-order chi connectivity index (χ0) is 23.3. The van der Waals surface area contributed by atoms with Gasteiger partial charge >= 0.3 is 0 Å². The van der Waals surface area contributed by atoms with Crippen molar-refractivity contribution in [1.82, 2.24) is 10.3 Å². The normalized spacial score (nSPS) is 10.5. The number of aromatic nitrogens is 1. The molecule has 0 unspecified atom stereocenters. The molecule has 33 heavy (non-hydrogen) atoms. The van der Waals surface area contributed by atoms with E-state index in [2.05, 4.69) is 26.2 Å². The molecule has 1 amide bonds. The predicted octanol–water partition coefficient (Wildman–Crippen LogP) is 4.00. The maximum Gasteiger partial charge on any atom is 0.266 e. The number of halogens is 4. The summed E-state index contributed by atoms with van der Waals surface area (Å²) in [4.78, 5) is 27.0. The minimum atomic E-state index is -0.729. The van der Waals surface area contributed by atoms with Crippen LogP contribution in [0.2, 0.25) is 0 Å². The Balaban J connectivity index is 0.00000385. The summed E-state index contributed by atoms with van der Waals surface area (Å²) >= 11 is 3.25. The molecule has 0 atom stereocenters. The molecule has 0 saturated heterocycles. The van der Waals surface area contributed by atoms with E-state index in [1.807, 2.05) is 0 Å². The largest absolute Gasteiger partial charge is 0.487 e. The summed E-state index contributed by atoms with van der Waals surface area (Å²) in [5, 5.41) is 2.71. The Morgan fingerprint density at radius 3 is 2.52 bits per heavy atom. The van der Waals surface area contributed by atoms with Crippen molar-refractivity contribution in [3.8, 4) is 5.75 Å². The Labute approximate surface area is 204 Å². The number of aromatic amines is 1. The van der Waals surface area contributed by atoms with E-state index in [0.29, 0.717) is 36.3 Å². The molecule has 3 rings (SSSR count). The van der Waals surface area contributed by atoms with Gasteiger partial charge in [0.2, 0.25) is 0 Å². The number of nitrogens with one attached hydrogen (secondary N) is 2. The first-order valence-electron chi connectivity index (χ1n) is 9.85. The highest BCUT2D eigenvalue weighted by Gasteiger charge is 2.17. The molecule has 6 nitrogen and oxygen atoms in total. The number of pyridine rings is 1. The Kier molecular flexibility index (Phi) is 9.57. The van der Waals surface area contributed by atoms with Crippen LogP contribution in [0, 0.1) is 18.6 Å². The number of H-pyrrole nitrogens is 1. The highest BCUT2D eigenvalue weighted by Crippen LogP contribution is 2.31. The summed E-state index contributed by atoms with van der Waals surface area (Å²) in [5.74, 6) is -1.34. The zero-order valence-corrected chi connectivity index (χ0v) is 20.1. The van der Waals surface area contributed by atoms with E-state index in [1.54, 1.807) is 31.2 Å². The van der Waals surface area contributed by atoms with Crippen molar-refractivity contribution >= 4 is 34.2 Å². The Hall–Kier alpha value is -2.75. The molecule has 2 aromatic carbocycles. The predicted molar refractivity (Wildman–Crippen MR) is 128 cm³/mol. The summed E-state index contributed by atoms with van der Waals surface area (Å²) < 4.78 is 33.2. The van der Waals surface area contributed by atoms with E-state index >= 15 is 0 Å². The number of benzene rings is 2. The number of rotatable bonds is 8. The average molecular weight is 543 g/mol. The van der Waals surface area contributed by atoms with Gasteiger partial charge < -0.3 is 20.8 Å². The molecule has 0 aliphatic carbocycles. The second-order valence-electron chi connectivity index (χ2n) is 7.14. The van der Waals surface area contributed by atoms with Crippen LogP contribution in [0.25, 0.3) is 0 Å². The molecule has 0 spiro atoms. The topological polar surface area (TPSA) is 97.2 Å². The van der Waals surface area contributed by atoms with Crippen molar-refractivity contribution in [2.45, 2.75) is 20.0 Å². The first-order valence-corrected chi connectivity index (χ1v) is 10.6. The van der Waals surface area contributed by atoms with Crippen LogP contribution in [0.4, 0.5) is 8.78 Å². The number of carbonyl (C=O) groups excluding carboxylic acids is 1. The molecule has 0 aliphatic heterocycles. The van der Waals surface area contributed by atoms with Gasteiger partial charge in [-0.05, 0) is 52.7 Å². The summed E-state index contributed by atoms with van der Waals surface area (Å²) in [6, 6.07) is 10.2. The molecular weight excluding hydrogens is 520 g/mol. The molecule has 0 fully saturated rings. The molecule has 4 N–H and O–H groups in total. The lowest BCUT2D eigenvalue weighted by atomic mass is 10.0. The molecule has 1 aromatic heterocycles. The van der Waals surface area contributed by atoms with Crippen LogP contribution in [0.3, 0.4) is 0 Å². The van der Waals surface area contributed by atoms with Crippen molar-refractivity contribution in [3.05, 3.63) is 96.9 Å². The van der Waals surface area contributed by atoms with Crippen LogP contribution in [0.15, 0.2) is 51.7 Å². The van der Waals surface area contributed by atoms with Crippen LogP contribution in [0.1, 0.15) is 32.7 Å². The number of ether oxygens (including phenoxy) is 1. The maximum atomic E-state index is 14.0. The van der Waals surface area contributed by atoms with Crippen LogP contribution in [-0.2, 0) is 13.0 Å². The van der Waals surface area contributed by atoms with Crippen molar-refractivity contribution in [1.29, 1.82) is 0 Å². The lowest BCUT2D eigenvalue weighted by Gasteiger charge is -2.16.